The zero-order chi connectivity index (χ0) is 13.4. The molecule has 0 aliphatic rings. The molecule has 0 saturated heterocycles. The molecule has 94 valence electrons. The van der Waals surface area contributed by atoms with E-state index in [2.05, 4.69) is 9.97 Å². The molecule has 0 spiro atoms. The molecular formula is C16H13FN2. The van der Waals surface area contributed by atoms with Gasteiger partial charge < -0.3 is 0 Å². The summed E-state index contributed by atoms with van der Waals surface area (Å²) in [6.45, 7) is 3.95. The first-order chi connectivity index (χ1) is 9.13. The van der Waals surface area contributed by atoms with Crippen LogP contribution in [-0.4, -0.2) is 9.97 Å². The molecular weight excluding hydrogens is 239 g/mol. The number of hydrogen-bond acceptors (Lipinski definition) is 2. The topological polar surface area (TPSA) is 25.8 Å². The zero-order valence-electron chi connectivity index (χ0n) is 10.8. The summed E-state index contributed by atoms with van der Waals surface area (Å²) >= 11 is 0. The Balaban J connectivity index is 2.23. The van der Waals surface area contributed by atoms with Crippen molar-refractivity contribution in [3.05, 3.63) is 59.5 Å². The summed E-state index contributed by atoms with van der Waals surface area (Å²) in [5, 5.41) is 0. The van der Waals surface area contributed by atoms with E-state index < -0.39 is 0 Å². The average Bonchev–Trinajstić information content (AvgIpc) is 2.40. The zero-order valence-corrected chi connectivity index (χ0v) is 10.8. The van der Waals surface area contributed by atoms with E-state index in [0.717, 1.165) is 33.5 Å². The standard InChI is InChI=1S/C16H13FN2/c1-10-3-8-14-15(9-10)19-16(11(2)18-14)12-4-6-13(17)7-5-12/h3-9H,1-2H3. The van der Waals surface area contributed by atoms with Crippen molar-refractivity contribution in [2.45, 2.75) is 13.8 Å². The molecule has 0 radical (unpaired) electrons. The largest absolute Gasteiger partial charge is 0.249 e. The Hall–Kier alpha value is -2.29. The van der Waals surface area contributed by atoms with Gasteiger partial charge in [0.25, 0.3) is 0 Å². The van der Waals surface area contributed by atoms with Gasteiger partial charge in [-0.25, -0.2) is 14.4 Å². The van der Waals surface area contributed by atoms with Gasteiger partial charge in [0, 0.05) is 5.56 Å². The van der Waals surface area contributed by atoms with Gasteiger partial charge in [0.15, 0.2) is 0 Å². The summed E-state index contributed by atoms with van der Waals surface area (Å²) in [5.74, 6) is -0.244. The highest BCUT2D eigenvalue weighted by Gasteiger charge is 2.07. The van der Waals surface area contributed by atoms with Gasteiger partial charge in [0.1, 0.15) is 5.82 Å². The van der Waals surface area contributed by atoms with Crippen LogP contribution in [0.2, 0.25) is 0 Å². The van der Waals surface area contributed by atoms with Crippen LogP contribution < -0.4 is 0 Å². The van der Waals surface area contributed by atoms with E-state index in [1.807, 2.05) is 32.0 Å². The molecule has 0 aliphatic carbocycles. The van der Waals surface area contributed by atoms with Crippen molar-refractivity contribution in [2.24, 2.45) is 0 Å². The Labute approximate surface area is 111 Å². The smallest absolute Gasteiger partial charge is 0.123 e. The van der Waals surface area contributed by atoms with E-state index in [1.165, 1.54) is 12.1 Å². The molecule has 0 saturated carbocycles. The number of rotatable bonds is 1. The minimum Gasteiger partial charge on any atom is -0.249 e. The molecule has 0 amide bonds. The predicted molar refractivity (Wildman–Crippen MR) is 74.4 cm³/mol. The number of hydrogen-bond donors (Lipinski definition) is 0. The summed E-state index contributed by atoms with van der Waals surface area (Å²) in [6.07, 6.45) is 0. The maximum atomic E-state index is 13.0. The average molecular weight is 252 g/mol. The second-order valence-electron chi connectivity index (χ2n) is 4.66. The van der Waals surface area contributed by atoms with Crippen LogP contribution in [0.4, 0.5) is 4.39 Å². The van der Waals surface area contributed by atoms with Crippen LogP contribution in [0.1, 0.15) is 11.3 Å². The van der Waals surface area contributed by atoms with Gasteiger partial charge in [-0.1, -0.05) is 6.07 Å². The highest BCUT2D eigenvalue weighted by atomic mass is 19.1. The molecule has 1 heterocycles. The lowest BCUT2D eigenvalue weighted by molar-refractivity contribution is 0.628. The molecule has 2 nitrogen and oxygen atoms in total. The van der Waals surface area contributed by atoms with E-state index in [4.69, 9.17) is 0 Å². The summed E-state index contributed by atoms with van der Waals surface area (Å²) in [4.78, 5) is 9.21. The molecule has 19 heavy (non-hydrogen) atoms. The Morgan fingerprint density at radius 1 is 0.842 bits per heavy atom. The molecule has 0 bridgehead atoms. The van der Waals surface area contributed by atoms with Crippen LogP contribution in [0.25, 0.3) is 22.3 Å². The fourth-order valence-electron chi connectivity index (χ4n) is 2.13. The van der Waals surface area contributed by atoms with Gasteiger partial charge in [0.05, 0.1) is 22.4 Å². The number of nitrogens with zero attached hydrogens (tertiary/aromatic N) is 2. The van der Waals surface area contributed by atoms with Crippen LogP contribution in [0.15, 0.2) is 42.5 Å². The van der Waals surface area contributed by atoms with Crippen molar-refractivity contribution < 1.29 is 4.39 Å². The van der Waals surface area contributed by atoms with Gasteiger partial charge >= 0.3 is 0 Å². The lowest BCUT2D eigenvalue weighted by Crippen LogP contribution is -1.94. The van der Waals surface area contributed by atoms with Crippen LogP contribution in [-0.2, 0) is 0 Å². The molecule has 1 aromatic heterocycles. The van der Waals surface area contributed by atoms with E-state index in [-0.39, 0.29) is 5.82 Å². The third-order valence-electron chi connectivity index (χ3n) is 3.11. The summed E-state index contributed by atoms with van der Waals surface area (Å²) < 4.78 is 13.0. The second kappa shape index (κ2) is 4.43. The Morgan fingerprint density at radius 3 is 2.32 bits per heavy atom. The summed E-state index contributed by atoms with van der Waals surface area (Å²) in [5.41, 5.74) is 5.44. The first-order valence-corrected chi connectivity index (χ1v) is 6.14. The van der Waals surface area contributed by atoms with Crippen molar-refractivity contribution in [3.8, 4) is 11.3 Å². The summed E-state index contributed by atoms with van der Waals surface area (Å²) in [7, 11) is 0. The first-order valence-electron chi connectivity index (χ1n) is 6.14. The number of aromatic nitrogens is 2. The molecule has 0 N–H and O–H groups in total. The van der Waals surface area contributed by atoms with Gasteiger partial charge in [-0.2, -0.15) is 0 Å². The van der Waals surface area contributed by atoms with Gasteiger partial charge in [-0.3, -0.25) is 0 Å². The molecule has 0 unspecified atom stereocenters. The number of aryl methyl sites for hydroxylation is 2. The van der Waals surface area contributed by atoms with Crippen molar-refractivity contribution in [2.75, 3.05) is 0 Å². The maximum Gasteiger partial charge on any atom is 0.123 e. The van der Waals surface area contributed by atoms with Gasteiger partial charge in [-0.05, 0) is 55.8 Å². The van der Waals surface area contributed by atoms with Crippen molar-refractivity contribution >= 4 is 11.0 Å². The number of benzene rings is 2. The van der Waals surface area contributed by atoms with Crippen molar-refractivity contribution in [1.82, 2.24) is 9.97 Å². The van der Waals surface area contributed by atoms with Crippen molar-refractivity contribution in [1.29, 1.82) is 0 Å². The molecule has 3 rings (SSSR count). The molecule has 3 heteroatoms. The lowest BCUT2D eigenvalue weighted by atomic mass is 10.1. The van der Waals surface area contributed by atoms with Crippen LogP contribution in [0.5, 0.6) is 0 Å². The molecule has 2 aromatic carbocycles. The highest BCUT2D eigenvalue weighted by Crippen LogP contribution is 2.23. The molecule has 0 atom stereocenters. The van der Waals surface area contributed by atoms with E-state index >= 15 is 0 Å². The van der Waals surface area contributed by atoms with Gasteiger partial charge in [-0.15, -0.1) is 0 Å². The monoisotopic (exact) mass is 252 g/mol. The normalized spacial score (nSPS) is 10.9. The van der Waals surface area contributed by atoms with E-state index in [9.17, 15) is 4.39 Å². The highest BCUT2D eigenvalue weighted by molar-refractivity contribution is 5.79. The van der Waals surface area contributed by atoms with Crippen molar-refractivity contribution in [3.63, 3.8) is 0 Å². The minimum atomic E-state index is -0.244. The number of fused-ring (bicyclic) bond motifs is 1. The first kappa shape index (κ1) is 11.8. The fourth-order valence-corrected chi connectivity index (χ4v) is 2.13. The number of halogens is 1. The Morgan fingerprint density at radius 2 is 1.58 bits per heavy atom. The molecule has 3 aromatic rings. The predicted octanol–water partition coefficient (Wildman–Crippen LogP) is 4.05. The third kappa shape index (κ3) is 2.19. The lowest BCUT2D eigenvalue weighted by Gasteiger charge is -2.07. The van der Waals surface area contributed by atoms with Crippen LogP contribution in [0, 0.1) is 19.7 Å². The SMILES string of the molecule is Cc1ccc2nc(C)c(-c3ccc(F)cc3)nc2c1. The maximum absolute atomic E-state index is 13.0. The van der Waals surface area contributed by atoms with E-state index in [0.29, 0.717) is 0 Å². The fraction of sp³-hybridized carbons (Fsp3) is 0.125. The third-order valence-corrected chi connectivity index (χ3v) is 3.11. The summed E-state index contributed by atoms with van der Waals surface area (Å²) in [6, 6.07) is 12.3. The molecule has 0 aliphatic heterocycles. The van der Waals surface area contributed by atoms with E-state index in [1.54, 1.807) is 12.1 Å². The second-order valence-corrected chi connectivity index (χ2v) is 4.66. The van der Waals surface area contributed by atoms with Crippen LogP contribution in [0.3, 0.4) is 0 Å². The Kier molecular flexibility index (Phi) is 2.75. The minimum absolute atomic E-state index is 0.244. The Bertz CT molecular complexity index is 749. The molecule has 0 fully saturated rings. The van der Waals surface area contributed by atoms with Gasteiger partial charge in [0.2, 0.25) is 0 Å². The quantitative estimate of drug-likeness (QED) is 0.653. The van der Waals surface area contributed by atoms with Crippen LogP contribution >= 0.6 is 0 Å².